The number of aromatic nitrogens is 1. The number of para-hydroxylation sites is 3. The van der Waals surface area contributed by atoms with Crippen LogP contribution in [-0.2, 0) is 5.41 Å². The smallest absolute Gasteiger partial charge is 0.0541 e. The van der Waals surface area contributed by atoms with Gasteiger partial charge in [-0.2, -0.15) is 0 Å². The van der Waals surface area contributed by atoms with Crippen LogP contribution in [0.2, 0.25) is 0 Å². The summed E-state index contributed by atoms with van der Waals surface area (Å²) in [6.07, 6.45) is 10.2. The molecule has 2 nitrogen and oxygen atoms in total. The van der Waals surface area contributed by atoms with Gasteiger partial charge >= 0.3 is 0 Å². The van der Waals surface area contributed by atoms with Crippen molar-refractivity contribution in [2.75, 3.05) is 4.90 Å². The molecule has 2 atom stereocenters. The van der Waals surface area contributed by atoms with Crippen LogP contribution in [0, 0.1) is 5.92 Å². The van der Waals surface area contributed by atoms with E-state index in [-0.39, 0.29) is 5.92 Å². The first-order valence-electron chi connectivity index (χ1n) is 27.6. The van der Waals surface area contributed by atoms with Crippen LogP contribution in [0.4, 0.5) is 17.1 Å². The molecule has 2 aliphatic rings. The molecule has 0 spiro atoms. The van der Waals surface area contributed by atoms with Gasteiger partial charge in [-0.1, -0.05) is 243 Å². The molecule has 2 unspecified atom stereocenters. The molecule has 0 N–H and O–H groups in total. The third-order valence-corrected chi connectivity index (χ3v) is 16.9. The molecule has 2 aliphatic carbocycles. The Morgan fingerprint density at radius 3 is 1.58 bits per heavy atom. The minimum absolute atomic E-state index is 0.225. The lowest BCUT2D eigenvalue weighted by atomic mass is 9.62. The number of rotatable bonds is 10. The first-order chi connectivity index (χ1) is 39.2. The average Bonchev–Trinajstić information content (AvgIpc) is 3.70. The molecular weight excluding hydrogens is 953 g/mol. The lowest BCUT2D eigenvalue weighted by molar-refractivity contribution is 0.457. The predicted molar refractivity (Wildman–Crippen MR) is 333 cm³/mol. The van der Waals surface area contributed by atoms with E-state index in [1.165, 1.54) is 105 Å². The number of fused-ring (bicyclic) bond motifs is 7. The Bertz CT molecular complexity index is 4450. The van der Waals surface area contributed by atoms with E-state index in [0.29, 0.717) is 0 Å². The summed E-state index contributed by atoms with van der Waals surface area (Å²) < 4.78 is 2.42. The van der Waals surface area contributed by atoms with E-state index in [9.17, 15) is 0 Å². The largest absolute Gasteiger partial charge is 0.310 e. The fraction of sp³-hybridized carbons (Fsp3) is 0.0390. The maximum atomic E-state index is 2.50. The van der Waals surface area contributed by atoms with Crippen LogP contribution in [-0.4, -0.2) is 4.57 Å². The molecule has 1 heterocycles. The van der Waals surface area contributed by atoms with Crippen LogP contribution in [0.1, 0.15) is 23.1 Å². The Morgan fingerprint density at radius 1 is 0.342 bits per heavy atom. The Balaban J connectivity index is 0.821. The highest BCUT2D eigenvalue weighted by molar-refractivity contribution is 6.09. The van der Waals surface area contributed by atoms with E-state index in [2.05, 4.69) is 319 Å². The minimum Gasteiger partial charge on any atom is -0.310 e. The van der Waals surface area contributed by atoms with E-state index in [1.807, 2.05) is 0 Å². The quantitative estimate of drug-likeness (QED) is 0.133. The highest BCUT2D eigenvalue weighted by Gasteiger charge is 2.49. The third-order valence-electron chi connectivity index (χ3n) is 16.9. The first kappa shape index (κ1) is 46.3. The van der Waals surface area contributed by atoms with Crippen molar-refractivity contribution in [3.8, 4) is 61.3 Å². The normalized spacial score (nSPS) is 15.4. The second-order valence-electron chi connectivity index (χ2n) is 21.1. The molecule has 0 radical (unpaired) electrons. The lowest BCUT2D eigenvalue weighted by Gasteiger charge is -2.40. The van der Waals surface area contributed by atoms with Gasteiger partial charge in [-0.05, 0) is 157 Å². The van der Waals surface area contributed by atoms with Crippen LogP contribution >= 0.6 is 0 Å². The van der Waals surface area contributed by atoms with E-state index in [0.717, 1.165) is 29.0 Å². The van der Waals surface area contributed by atoms with Gasteiger partial charge in [0.05, 0.1) is 22.1 Å². The fourth-order valence-electron chi connectivity index (χ4n) is 13.2. The second kappa shape index (κ2) is 19.2. The monoisotopic (exact) mass is 1010 g/mol. The molecule has 0 bridgehead atoms. The molecule has 0 amide bonds. The lowest BCUT2D eigenvalue weighted by Crippen LogP contribution is -2.35. The van der Waals surface area contributed by atoms with Gasteiger partial charge in [0.2, 0.25) is 0 Å². The van der Waals surface area contributed by atoms with Crippen molar-refractivity contribution in [2.45, 2.75) is 11.8 Å². The van der Waals surface area contributed by atoms with Crippen LogP contribution in [0.25, 0.3) is 93.9 Å². The summed E-state index contributed by atoms with van der Waals surface area (Å²) in [4.78, 5) is 2.45. The Kier molecular flexibility index (Phi) is 11.3. The van der Waals surface area contributed by atoms with Crippen LogP contribution in [0.5, 0.6) is 0 Å². The van der Waals surface area contributed by atoms with Crippen molar-refractivity contribution < 1.29 is 0 Å². The van der Waals surface area contributed by atoms with E-state index in [1.54, 1.807) is 0 Å². The number of hydrogen-bond donors (Lipinski definition) is 0. The van der Waals surface area contributed by atoms with Crippen LogP contribution < -0.4 is 4.90 Å². The van der Waals surface area contributed by atoms with Gasteiger partial charge in [-0.15, -0.1) is 0 Å². The number of anilines is 3. The fourth-order valence-corrected chi connectivity index (χ4v) is 13.2. The molecule has 1 aromatic heterocycles. The van der Waals surface area contributed by atoms with Crippen molar-refractivity contribution in [3.05, 3.63) is 326 Å². The van der Waals surface area contributed by atoms with Crippen LogP contribution in [0.3, 0.4) is 0 Å². The summed E-state index contributed by atoms with van der Waals surface area (Å²) in [6.45, 7) is 0. The van der Waals surface area contributed by atoms with Gasteiger partial charge < -0.3 is 9.47 Å². The van der Waals surface area contributed by atoms with Gasteiger partial charge in [-0.25, -0.2) is 0 Å². The summed E-state index contributed by atoms with van der Waals surface area (Å²) in [5, 5.41) is 5.02. The highest BCUT2D eigenvalue weighted by atomic mass is 15.1. The maximum Gasteiger partial charge on any atom is 0.0541 e. The molecule has 13 aromatic rings. The summed E-state index contributed by atoms with van der Waals surface area (Å²) in [5.41, 5.74) is 22.6. The van der Waals surface area contributed by atoms with Crippen molar-refractivity contribution in [3.63, 3.8) is 0 Å². The zero-order valence-electron chi connectivity index (χ0n) is 43.6. The molecule has 12 aromatic carbocycles. The summed E-state index contributed by atoms with van der Waals surface area (Å²) in [7, 11) is 0. The van der Waals surface area contributed by atoms with E-state index < -0.39 is 5.41 Å². The minimum atomic E-state index is -0.393. The first-order valence-corrected chi connectivity index (χ1v) is 27.6. The topological polar surface area (TPSA) is 8.17 Å². The highest BCUT2D eigenvalue weighted by Crippen LogP contribution is 2.59. The number of benzene rings is 12. The van der Waals surface area contributed by atoms with Crippen molar-refractivity contribution in [2.24, 2.45) is 5.92 Å². The Morgan fingerprint density at radius 2 is 0.873 bits per heavy atom. The molecular formula is C77H54N2. The molecule has 15 rings (SSSR count). The van der Waals surface area contributed by atoms with Gasteiger partial charge in [0.1, 0.15) is 0 Å². The molecule has 372 valence electrons. The summed E-state index contributed by atoms with van der Waals surface area (Å²) in [5.74, 6) is 0.225. The Labute approximate surface area is 461 Å². The average molecular weight is 1010 g/mol. The molecule has 0 saturated carbocycles. The standard InChI is InChI=1S/C77H54N2/c1-3-22-62(23-4-1)77(63-24-5-2-6-25-63)72-30-13-9-27-68(72)69-49-48-66(52-73(69)77)78(65-46-42-56(43-47-65)59-20-17-21-60(50-59)61-39-36-53-18-7-8-19-58(53)51-61)64-44-40-55(41-45-64)54-34-37-57(38-35-54)67-26-10-14-31-74(67)79-75-32-15-11-28-70(75)71-29-12-16-33-76(71)79/h1-24,26-52,63H,25H2. The van der Waals surface area contributed by atoms with Gasteiger partial charge in [0.25, 0.3) is 0 Å². The van der Waals surface area contributed by atoms with Crippen molar-refractivity contribution >= 4 is 49.6 Å². The third kappa shape index (κ3) is 7.78. The van der Waals surface area contributed by atoms with Crippen molar-refractivity contribution in [1.82, 2.24) is 4.57 Å². The van der Waals surface area contributed by atoms with E-state index in [4.69, 9.17) is 0 Å². The number of allylic oxidation sites excluding steroid dienone is 4. The van der Waals surface area contributed by atoms with Gasteiger partial charge in [0.15, 0.2) is 0 Å². The number of hydrogen-bond acceptors (Lipinski definition) is 1. The zero-order chi connectivity index (χ0) is 52.3. The molecule has 0 saturated heterocycles. The molecule has 79 heavy (non-hydrogen) atoms. The SMILES string of the molecule is C1=CCC(C2(c3ccccc3)c3ccccc3-c3ccc(N(c4ccc(-c5ccc(-c6ccccc6-n6c7ccccc7c7ccccc76)cc5)cc4)c4ccc(-c5cccc(-c6ccc7ccccc7c6)c5)cc4)cc32)C=C1. The summed E-state index contributed by atoms with van der Waals surface area (Å²) >= 11 is 0. The van der Waals surface area contributed by atoms with Crippen LogP contribution in [0.15, 0.2) is 309 Å². The zero-order valence-corrected chi connectivity index (χ0v) is 43.6. The molecule has 2 heteroatoms. The Hall–Kier alpha value is -10.0. The maximum absolute atomic E-state index is 2.50. The number of nitrogens with zero attached hydrogens (tertiary/aromatic N) is 2. The van der Waals surface area contributed by atoms with Gasteiger partial charge in [-0.3, -0.25) is 0 Å². The predicted octanol–water partition coefficient (Wildman–Crippen LogP) is 20.5. The van der Waals surface area contributed by atoms with Crippen molar-refractivity contribution in [1.29, 1.82) is 0 Å². The summed E-state index contributed by atoms with van der Waals surface area (Å²) in [6, 6.07) is 106. The second-order valence-corrected chi connectivity index (χ2v) is 21.1. The molecule has 0 fully saturated rings. The van der Waals surface area contributed by atoms with Gasteiger partial charge in [0, 0.05) is 33.4 Å². The van der Waals surface area contributed by atoms with E-state index >= 15 is 0 Å². The molecule has 0 aliphatic heterocycles.